The van der Waals surface area contributed by atoms with Crippen molar-refractivity contribution in [3.8, 4) is 0 Å². The number of anilines is 2. The predicted octanol–water partition coefficient (Wildman–Crippen LogP) is 1.99. The Morgan fingerprint density at radius 3 is 2.34 bits per heavy atom. The van der Waals surface area contributed by atoms with E-state index >= 15 is 0 Å². The van der Waals surface area contributed by atoms with Gasteiger partial charge in [-0.1, -0.05) is 11.6 Å². The molecule has 0 bridgehead atoms. The molecule has 4 rings (SSSR count). The van der Waals surface area contributed by atoms with E-state index in [0.29, 0.717) is 42.5 Å². The second kappa shape index (κ2) is 12.7. The minimum Gasteiger partial charge on any atom is -0.462 e. The van der Waals surface area contributed by atoms with Crippen LogP contribution in [0.25, 0.3) is 0 Å². The lowest BCUT2D eigenvalue weighted by Gasteiger charge is -2.39. The molecule has 0 radical (unpaired) electrons. The predicted molar refractivity (Wildman–Crippen MR) is 144 cm³/mol. The van der Waals surface area contributed by atoms with Gasteiger partial charge >= 0.3 is 5.97 Å². The van der Waals surface area contributed by atoms with Gasteiger partial charge in [-0.3, -0.25) is 19.3 Å². The zero-order valence-electron chi connectivity index (χ0n) is 21.3. The van der Waals surface area contributed by atoms with Gasteiger partial charge in [0.15, 0.2) is 0 Å². The molecule has 11 heteroatoms. The average molecular weight is 542 g/mol. The van der Waals surface area contributed by atoms with Crippen molar-refractivity contribution >= 4 is 46.7 Å². The first-order valence-corrected chi connectivity index (χ1v) is 13.1. The standard InChI is InChI=1S/C27H32ClN5O5/c1-2-38-27(37)19-3-7-21(8-4-19)30-24(34)17-23-26(36)29-11-12-33(23)25(35)18-31-13-15-32(16-14-31)22-9-5-20(28)6-10-22/h3-10,23H,2,11-18H2,1H3,(H,29,36)(H,30,34). The van der Waals surface area contributed by atoms with Crippen molar-refractivity contribution in [2.45, 2.75) is 19.4 Å². The molecule has 2 aromatic carbocycles. The number of benzene rings is 2. The van der Waals surface area contributed by atoms with Gasteiger partial charge in [-0.2, -0.15) is 0 Å². The van der Waals surface area contributed by atoms with E-state index in [9.17, 15) is 19.2 Å². The molecule has 0 aliphatic carbocycles. The van der Waals surface area contributed by atoms with Crippen LogP contribution in [0.4, 0.5) is 11.4 Å². The molecule has 0 spiro atoms. The summed E-state index contributed by atoms with van der Waals surface area (Å²) in [6.07, 6.45) is -0.165. The van der Waals surface area contributed by atoms with Crippen LogP contribution >= 0.6 is 11.6 Å². The molecule has 2 heterocycles. The average Bonchev–Trinajstić information content (AvgIpc) is 2.91. The fourth-order valence-electron chi connectivity index (χ4n) is 4.61. The third-order valence-corrected chi connectivity index (χ3v) is 6.88. The summed E-state index contributed by atoms with van der Waals surface area (Å²) >= 11 is 5.99. The molecular weight excluding hydrogens is 510 g/mol. The van der Waals surface area contributed by atoms with E-state index in [2.05, 4.69) is 20.4 Å². The number of hydrogen-bond acceptors (Lipinski definition) is 7. The van der Waals surface area contributed by atoms with Crippen molar-refractivity contribution in [2.24, 2.45) is 0 Å². The van der Waals surface area contributed by atoms with Gasteiger partial charge in [-0.05, 0) is 55.5 Å². The summed E-state index contributed by atoms with van der Waals surface area (Å²) in [6.45, 7) is 5.86. The molecular formula is C27H32ClN5O5. The maximum Gasteiger partial charge on any atom is 0.338 e. The first-order chi connectivity index (χ1) is 18.3. The molecule has 2 N–H and O–H groups in total. The van der Waals surface area contributed by atoms with Gasteiger partial charge in [-0.15, -0.1) is 0 Å². The van der Waals surface area contributed by atoms with Gasteiger partial charge in [0.1, 0.15) is 6.04 Å². The minimum atomic E-state index is -0.884. The number of rotatable bonds is 8. The second-order valence-electron chi connectivity index (χ2n) is 9.18. The molecule has 3 amide bonds. The van der Waals surface area contributed by atoms with E-state index in [1.165, 1.54) is 4.90 Å². The molecule has 0 saturated carbocycles. The quantitative estimate of drug-likeness (QED) is 0.492. The van der Waals surface area contributed by atoms with Crippen LogP contribution < -0.4 is 15.5 Å². The lowest BCUT2D eigenvalue weighted by Crippen LogP contribution is -2.60. The Labute approximate surface area is 226 Å². The van der Waals surface area contributed by atoms with Crippen LogP contribution in [-0.4, -0.2) is 92.0 Å². The first kappa shape index (κ1) is 27.4. The Morgan fingerprint density at radius 1 is 1.00 bits per heavy atom. The summed E-state index contributed by atoms with van der Waals surface area (Å²) in [6, 6.07) is 13.1. The summed E-state index contributed by atoms with van der Waals surface area (Å²) < 4.78 is 4.96. The van der Waals surface area contributed by atoms with Crippen molar-refractivity contribution in [1.82, 2.24) is 15.1 Å². The molecule has 0 aromatic heterocycles. The minimum absolute atomic E-state index is 0.165. The summed E-state index contributed by atoms with van der Waals surface area (Å²) in [5.74, 6) is -1.35. The molecule has 2 aliphatic rings. The zero-order valence-corrected chi connectivity index (χ0v) is 22.1. The second-order valence-corrected chi connectivity index (χ2v) is 9.62. The Hall–Kier alpha value is -3.63. The SMILES string of the molecule is CCOC(=O)c1ccc(NC(=O)CC2C(=O)NCCN2C(=O)CN2CCN(c3ccc(Cl)cc3)CC2)cc1. The lowest BCUT2D eigenvalue weighted by atomic mass is 10.1. The lowest BCUT2D eigenvalue weighted by molar-refractivity contribution is -0.145. The first-order valence-electron chi connectivity index (χ1n) is 12.7. The number of hydrogen-bond donors (Lipinski definition) is 2. The van der Waals surface area contributed by atoms with Crippen LogP contribution in [0.15, 0.2) is 48.5 Å². The number of nitrogens with one attached hydrogen (secondary N) is 2. The highest BCUT2D eigenvalue weighted by Crippen LogP contribution is 2.20. The Balaban J connectivity index is 1.30. The number of carbonyl (C=O) groups excluding carboxylic acids is 4. The van der Waals surface area contributed by atoms with E-state index in [1.54, 1.807) is 31.2 Å². The highest BCUT2D eigenvalue weighted by Gasteiger charge is 2.35. The molecule has 2 saturated heterocycles. The summed E-state index contributed by atoms with van der Waals surface area (Å²) in [5, 5.41) is 6.19. The summed E-state index contributed by atoms with van der Waals surface area (Å²) in [5.41, 5.74) is 1.95. The van der Waals surface area contributed by atoms with Crippen LogP contribution in [-0.2, 0) is 19.1 Å². The molecule has 38 heavy (non-hydrogen) atoms. The number of nitrogens with zero attached hydrogens (tertiary/aromatic N) is 3. The van der Waals surface area contributed by atoms with Crippen LogP contribution in [0.2, 0.25) is 5.02 Å². The van der Waals surface area contributed by atoms with E-state index < -0.39 is 17.9 Å². The third-order valence-electron chi connectivity index (χ3n) is 6.63. The third kappa shape index (κ3) is 7.02. The molecule has 2 aliphatic heterocycles. The Kier molecular flexibility index (Phi) is 9.19. The van der Waals surface area contributed by atoms with Gasteiger partial charge in [-0.25, -0.2) is 4.79 Å². The van der Waals surface area contributed by atoms with E-state index in [0.717, 1.165) is 18.8 Å². The molecule has 2 aromatic rings. The van der Waals surface area contributed by atoms with Crippen molar-refractivity contribution in [1.29, 1.82) is 0 Å². The van der Waals surface area contributed by atoms with Gasteiger partial charge in [0.2, 0.25) is 17.7 Å². The van der Waals surface area contributed by atoms with Gasteiger partial charge in [0, 0.05) is 55.7 Å². The summed E-state index contributed by atoms with van der Waals surface area (Å²) in [4.78, 5) is 56.2. The van der Waals surface area contributed by atoms with E-state index in [-0.39, 0.29) is 31.4 Å². The molecule has 1 atom stereocenters. The monoisotopic (exact) mass is 541 g/mol. The van der Waals surface area contributed by atoms with Gasteiger partial charge in [0.25, 0.3) is 0 Å². The highest BCUT2D eigenvalue weighted by molar-refractivity contribution is 6.30. The number of amides is 3. The largest absolute Gasteiger partial charge is 0.462 e. The number of halogens is 1. The van der Waals surface area contributed by atoms with Crippen LogP contribution in [0.1, 0.15) is 23.7 Å². The fraction of sp³-hybridized carbons (Fsp3) is 0.407. The maximum absolute atomic E-state index is 13.2. The molecule has 1 unspecified atom stereocenters. The van der Waals surface area contributed by atoms with Gasteiger partial charge in [0.05, 0.1) is 25.1 Å². The van der Waals surface area contributed by atoms with Crippen molar-refractivity contribution in [3.63, 3.8) is 0 Å². The smallest absolute Gasteiger partial charge is 0.338 e. The van der Waals surface area contributed by atoms with E-state index in [4.69, 9.17) is 16.3 Å². The van der Waals surface area contributed by atoms with Crippen molar-refractivity contribution in [2.75, 3.05) is 62.6 Å². The van der Waals surface area contributed by atoms with Crippen molar-refractivity contribution < 1.29 is 23.9 Å². The number of piperazine rings is 2. The highest BCUT2D eigenvalue weighted by atomic mass is 35.5. The summed E-state index contributed by atoms with van der Waals surface area (Å²) in [7, 11) is 0. The van der Waals surface area contributed by atoms with Crippen molar-refractivity contribution in [3.05, 3.63) is 59.1 Å². The Bertz CT molecular complexity index is 1150. The number of carbonyl (C=O) groups is 4. The van der Waals surface area contributed by atoms with Crippen LogP contribution in [0, 0.1) is 0 Å². The molecule has 2 fully saturated rings. The Morgan fingerprint density at radius 2 is 1.68 bits per heavy atom. The van der Waals surface area contributed by atoms with Gasteiger partial charge < -0.3 is 25.2 Å². The van der Waals surface area contributed by atoms with E-state index in [1.807, 2.05) is 24.3 Å². The normalized spacial score (nSPS) is 18.1. The van der Waals surface area contributed by atoms with Crippen LogP contribution in [0.3, 0.4) is 0 Å². The number of esters is 1. The molecule has 202 valence electrons. The number of ether oxygens (including phenoxy) is 1. The topological polar surface area (TPSA) is 111 Å². The zero-order chi connectivity index (χ0) is 27.1. The fourth-order valence-corrected chi connectivity index (χ4v) is 4.73. The van der Waals surface area contributed by atoms with Crippen LogP contribution in [0.5, 0.6) is 0 Å². The maximum atomic E-state index is 13.2. The molecule has 10 nitrogen and oxygen atoms in total.